The van der Waals surface area contributed by atoms with Gasteiger partial charge in [0.1, 0.15) is 6.61 Å². The molecule has 1 aromatic rings. The maximum Gasteiger partial charge on any atom is 0.410 e. The zero-order valence-corrected chi connectivity index (χ0v) is 9.76. The molecule has 1 N–H and O–H groups in total. The molecular weight excluding hydrogens is 234 g/mol. The summed E-state index contributed by atoms with van der Waals surface area (Å²) in [6.07, 6.45) is 1.03. The van der Waals surface area contributed by atoms with E-state index in [4.69, 9.17) is 9.84 Å². The van der Waals surface area contributed by atoms with E-state index < -0.39 is 12.1 Å². The van der Waals surface area contributed by atoms with Crippen LogP contribution in [0.25, 0.3) is 0 Å². The van der Waals surface area contributed by atoms with Crippen molar-refractivity contribution in [1.82, 2.24) is 4.90 Å². The van der Waals surface area contributed by atoms with Crippen molar-refractivity contribution in [2.75, 3.05) is 6.61 Å². The molecular formula is C13H13NO4. The lowest BCUT2D eigenvalue weighted by atomic mass is 10.0. The lowest BCUT2D eigenvalue weighted by Crippen LogP contribution is -2.26. The molecule has 0 radical (unpaired) electrons. The van der Waals surface area contributed by atoms with Gasteiger partial charge in [-0.15, -0.1) is 0 Å². The molecule has 1 aromatic carbocycles. The van der Waals surface area contributed by atoms with E-state index >= 15 is 0 Å². The first-order valence-electron chi connectivity index (χ1n) is 5.50. The van der Waals surface area contributed by atoms with Crippen molar-refractivity contribution < 1.29 is 19.4 Å². The van der Waals surface area contributed by atoms with Crippen molar-refractivity contribution in [2.45, 2.75) is 13.1 Å². The Morgan fingerprint density at radius 2 is 2.22 bits per heavy atom. The molecule has 0 unspecified atom stereocenters. The summed E-state index contributed by atoms with van der Waals surface area (Å²) < 4.78 is 4.93. The van der Waals surface area contributed by atoms with Gasteiger partial charge in [-0.05, 0) is 17.2 Å². The summed E-state index contributed by atoms with van der Waals surface area (Å²) in [6, 6.07) is 5.04. The summed E-state index contributed by atoms with van der Waals surface area (Å²) in [5, 5.41) is 9.07. The molecule has 0 atom stereocenters. The second kappa shape index (κ2) is 4.91. The van der Waals surface area contributed by atoms with Crippen LogP contribution in [0.4, 0.5) is 4.79 Å². The van der Waals surface area contributed by atoms with Gasteiger partial charge in [0.25, 0.3) is 0 Å². The van der Waals surface area contributed by atoms with Gasteiger partial charge >= 0.3 is 12.1 Å². The smallest absolute Gasteiger partial charge is 0.410 e. The zero-order valence-electron chi connectivity index (χ0n) is 9.76. The molecule has 0 saturated heterocycles. The topological polar surface area (TPSA) is 66.8 Å². The highest BCUT2D eigenvalue weighted by Gasteiger charge is 2.27. The molecule has 5 nitrogen and oxygen atoms in total. The van der Waals surface area contributed by atoms with Crippen molar-refractivity contribution in [2.24, 2.45) is 0 Å². The third-order valence-electron chi connectivity index (χ3n) is 2.80. The summed E-state index contributed by atoms with van der Waals surface area (Å²) in [6.45, 7) is 4.27. The molecule has 0 bridgehead atoms. The Labute approximate surface area is 104 Å². The fourth-order valence-corrected chi connectivity index (χ4v) is 1.97. The van der Waals surface area contributed by atoms with E-state index in [0.29, 0.717) is 12.1 Å². The lowest BCUT2D eigenvalue weighted by molar-refractivity contribution is 0.0694. The minimum atomic E-state index is -0.979. The molecule has 2 rings (SSSR count). The highest BCUT2D eigenvalue weighted by atomic mass is 16.6. The highest BCUT2D eigenvalue weighted by Crippen LogP contribution is 2.26. The van der Waals surface area contributed by atoms with Gasteiger partial charge in [0.2, 0.25) is 0 Å². The maximum absolute atomic E-state index is 11.7. The number of carbonyl (C=O) groups is 2. The first-order valence-corrected chi connectivity index (χ1v) is 5.50. The van der Waals surface area contributed by atoms with E-state index in [1.807, 2.05) is 6.07 Å². The predicted octanol–water partition coefficient (Wildman–Crippen LogP) is 2.02. The molecule has 0 spiro atoms. The predicted molar refractivity (Wildman–Crippen MR) is 64.2 cm³/mol. The van der Waals surface area contributed by atoms with Gasteiger partial charge in [-0.2, -0.15) is 0 Å². The van der Waals surface area contributed by atoms with Crippen LogP contribution >= 0.6 is 0 Å². The Morgan fingerprint density at radius 1 is 1.44 bits per heavy atom. The van der Waals surface area contributed by atoms with Gasteiger partial charge in [-0.3, -0.25) is 4.90 Å². The summed E-state index contributed by atoms with van der Waals surface area (Å²) in [5.74, 6) is -0.979. The summed E-state index contributed by atoms with van der Waals surface area (Å²) >= 11 is 0. The molecule has 5 heteroatoms. The number of carboxylic acids is 1. The Balaban J connectivity index is 2.17. The summed E-state index contributed by atoms with van der Waals surface area (Å²) in [4.78, 5) is 24.2. The normalized spacial score (nSPS) is 13.0. The molecule has 1 heterocycles. The van der Waals surface area contributed by atoms with Crippen LogP contribution in [0.15, 0.2) is 30.9 Å². The van der Waals surface area contributed by atoms with Crippen molar-refractivity contribution in [3.05, 3.63) is 47.5 Å². The van der Waals surface area contributed by atoms with E-state index in [-0.39, 0.29) is 18.7 Å². The summed E-state index contributed by atoms with van der Waals surface area (Å²) in [7, 11) is 0. The number of carbonyl (C=O) groups excluding carboxylic acids is 1. The molecule has 0 aromatic heterocycles. The third kappa shape index (κ3) is 2.20. The third-order valence-corrected chi connectivity index (χ3v) is 2.80. The Kier molecular flexibility index (Phi) is 3.32. The molecule has 18 heavy (non-hydrogen) atoms. The average molecular weight is 247 g/mol. The number of fused-ring (bicyclic) bond motifs is 1. The number of rotatable bonds is 3. The van der Waals surface area contributed by atoms with Crippen LogP contribution < -0.4 is 0 Å². The first kappa shape index (κ1) is 12.2. The summed E-state index contributed by atoms with van der Waals surface area (Å²) in [5.41, 5.74) is 1.78. The molecule has 0 saturated carbocycles. The molecule has 94 valence electrons. The number of ether oxygens (including phenoxy) is 1. The zero-order chi connectivity index (χ0) is 13.1. The monoisotopic (exact) mass is 247 g/mol. The number of hydrogen-bond acceptors (Lipinski definition) is 3. The van der Waals surface area contributed by atoms with Gasteiger partial charge in [0.05, 0.1) is 12.1 Å². The first-order chi connectivity index (χ1) is 8.63. The van der Waals surface area contributed by atoms with E-state index in [2.05, 4.69) is 6.58 Å². The molecule has 0 fully saturated rings. The van der Waals surface area contributed by atoms with Crippen LogP contribution in [0.5, 0.6) is 0 Å². The van der Waals surface area contributed by atoms with Crippen molar-refractivity contribution in [3.63, 3.8) is 0 Å². The van der Waals surface area contributed by atoms with Gasteiger partial charge in [-0.25, -0.2) is 9.59 Å². The van der Waals surface area contributed by atoms with Crippen LogP contribution in [-0.4, -0.2) is 28.7 Å². The van der Waals surface area contributed by atoms with Gasteiger partial charge in [-0.1, -0.05) is 24.8 Å². The number of aromatic carboxylic acids is 1. The second-order valence-electron chi connectivity index (χ2n) is 3.97. The number of amides is 1. The fourth-order valence-electron chi connectivity index (χ4n) is 1.97. The number of carboxylic acid groups (broad SMARTS) is 1. The van der Waals surface area contributed by atoms with Crippen molar-refractivity contribution in [1.29, 1.82) is 0 Å². The van der Waals surface area contributed by atoms with E-state index in [0.717, 1.165) is 5.56 Å². The Hall–Kier alpha value is -2.30. The lowest BCUT2D eigenvalue weighted by Gasteiger charge is -2.14. The molecule has 0 aliphatic carbocycles. The number of nitrogens with zero attached hydrogens (tertiary/aromatic N) is 1. The van der Waals surface area contributed by atoms with Crippen LogP contribution in [-0.2, 0) is 17.8 Å². The standard InChI is InChI=1S/C13H13NO4/c1-2-6-18-13(17)14-7-9-4-3-5-10(12(15)16)11(9)8-14/h2-5H,1,6-8H2,(H,15,16). The van der Waals surface area contributed by atoms with Gasteiger partial charge < -0.3 is 9.84 Å². The molecule has 1 aliphatic rings. The number of benzene rings is 1. The van der Waals surface area contributed by atoms with Crippen LogP contribution in [0, 0.1) is 0 Å². The number of hydrogen-bond donors (Lipinski definition) is 1. The van der Waals surface area contributed by atoms with E-state index in [1.54, 1.807) is 12.1 Å². The van der Waals surface area contributed by atoms with Crippen LogP contribution in [0.3, 0.4) is 0 Å². The van der Waals surface area contributed by atoms with Crippen LogP contribution in [0.1, 0.15) is 21.5 Å². The Morgan fingerprint density at radius 3 is 2.89 bits per heavy atom. The second-order valence-corrected chi connectivity index (χ2v) is 3.97. The van der Waals surface area contributed by atoms with E-state index in [9.17, 15) is 9.59 Å². The van der Waals surface area contributed by atoms with Crippen molar-refractivity contribution in [3.8, 4) is 0 Å². The average Bonchev–Trinajstić information content (AvgIpc) is 2.79. The quantitative estimate of drug-likeness (QED) is 0.830. The molecule has 1 aliphatic heterocycles. The SMILES string of the molecule is C=CCOC(=O)N1Cc2cccc(C(=O)O)c2C1. The van der Waals surface area contributed by atoms with Crippen LogP contribution in [0.2, 0.25) is 0 Å². The minimum Gasteiger partial charge on any atom is -0.478 e. The van der Waals surface area contributed by atoms with Gasteiger partial charge in [0, 0.05) is 6.54 Å². The highest BCUT2D eigenvalue weighted by molar-refractivity contribution is 5.90. The van der Waals surface area contributed by atoms with Crippen molar-refractivity contribution >= 4 is 12.1 Å². The minimum absolute atomic E-state index is 0.150. The van der Waals surface area contributed by atoms with E-state index in [1.165, 1.54) is 11.0 Å². The largest absolute Gasteiger partial charge is 0.478 e. The molecule has 1 amide bonds. The van der Waals surface area contributed by atoms with Gasteiger partial charge in [0.15, 0.2) is 0 Å². The maximum atomic E-state index is 11.7. The Bertz CT molecular complexity index is 510. The fraction of sp³-hybridized carbons (Fsp3) is 0.231.